The van der Waals surface area contributed by atoms with Crippen LogP contribution in [0.2, 0.25) is 0 Å². The van der Waals surface area contributed by atoms with Gasteiger partial charge in [0.1, 0.15) is 0 Å². The summed E-state index contributed by atoms with van der Waals surface area (Å²) >= 11 is 1.38. The molecule has 156 valence electrons. The maximum absolute atomic E-state index is 12.8. The minimum Gasteiger partial charge on any atom is -0.493 e. The zero-order valence-electron chi connectivity index (χ0n) is 16.6. The molecule has 0 bridgehead atoms. The second-order valence-electron chi connectivity index (χ2n) is 6.75. The van der Waals surface area contributed by atoms with E-state index in [0.717, 1.165) is 16.1 Å². The quantitative estimate of drug-likeness (QED) is 0.650. The standard InChI is InChI=1S/C21H21N3O5S/c1-27-15-6-5-13(10-17(15)28-2)11-19(25)24-8-7-14-18(12-24)30-21(22-14)23-20(26)16-4-3-9-29-16/h3-6,9-10H,7-8,11-12H2,1-2H3,(H,22,23,26). The van der Waals surface area contributed by atoms with Gasteiger partial charge < -0.3 is 18.8 Å². The molecule has 2 aromatic heterocycles. The van der Waals surface area contributed by atoms with Crippen molar-refractivity contribution in [2.45, 2.75) is 19.4 Å². The fourth-order valence-corrected chi connectivity index (χ4v) is 4.32. The first-order valence-corrected chi connectivity index (χ1v) is 10.2. The number of aromatic nitrogens is 1. The molecule has 0 saturated carbocycles. The second kappa shape index (κ2) is 8.58. The number of benzene rings is 1. The summed E-state index contributed by atoms with van der Waals surface area (Å²) < 4.78 is 15.7. The van der Waals surface area contributed by atoms with Crippen LogP contribution in [-0.2, 0) is 24.2 Å². The van der Waals surface area contributed by atoms with E-state index in [-0.39, 0.29) is 24.0 Å². The molecule has 0 fully saturated rings. The van der Waals surface area contributed by atoms with Gasteiger partial charge in [0, 0.05) is 17.8 Å². The number of furan rings is 1. The van der Waals surface area contributed by atoms with Crippen molar-refractivity contribution in [2.24, 2.45) is 0 Å². The number of methoxy groups -OCH3 is 2. The number of anilines is 1. The number of amides is 2. The molecule has 30 heavy (non-hydrogen) atoms. The first kappa shape index (κ1) is 20.0. The van der Waals surface area contributed by atoms with Gasteiger partial charge in [-0.05, 0) is 29.8 Å². The van der Waals surface area contributed by atoms with Gasteiger partial charge in [0.2, 0.25) is 5.91 Å². The Morgan fingerprint density at radius 2 is 2.07 bits per heavy atom. The molecule has 0 saturated heterocycles. The normalized spacial score (nSPS) is 12.9. The lowest BCUT2D eigenvalue weighted by Gasteiger charge is -2.26. The van der Waals surface area contributed by atoms with Crippen molar-refractivity contribution in [1.29, 1.82) is 0 Å². The number of fused-ring (bicyclic) bond motifs is 1. The fraction of sp³-hybridized carbons (Fsp3) is 0.286. The van der Waals surface area contributed by atoms with E-state index in [1.54, 1.807) is 32.4 Å². The van der Waals surface area contributed by atoms with E-state index in [2.05, 4.69) is 10.3 Å². The number of hydrogen-bond donors (Lipinski definition) is 1. The zero-order chi connectivity index (χ0) is 21.1. The minimum absolute atomic E-state index is 0.0300. The topological polar surface area (TPSA) is 93.9 Å². The number of nitrogens with zero attached hydrogens (tertiary/aromatic N) is 2. The van der Waals surface area contributed by atoms with E-state index in [4.69, 9.17) is 13.9 Å². The Balaban J connectivity index is 1.41. The van der Waals surface area contributed by atoms with E-state index < -0.39 is 0 Å². The Morgan fingerprint density at radius 1 is 1.23 bits per heavy atom. The molecule has 0 atom stereocenters. The van der Waals surface area contributed by atoms with Crippen molar-refractivity contribution >= 4 is 28.3 Å². The average Bonchev–Trinajstić information content (AvgIpc) is 3.42. The Hall–Kier alpha value is -3.33. The molecular weight excluding hydrogens is 406 g/mol. The maximum atomic E-state index is 12.8. The van der Waals surface area contributed by atoms with Crippen LogP contribution in [-0.4, -0.2) is 42.5 Å². The molecule has 1 N–H and O–H groups in total. The van der Waals surface area contributed by atoms with Crippen LogP contribution >= 0.6 is 11.3 Å². The predicted molar refractivity (Wildman–Crippen MR) is 111 cm³/mol. The molecular formula is C21H21N3O5S. The third-order valence-corrected chi connectivity index (χ3v) is 5.85. The fourth-order valence-electron chi connectivity index (χ4n) is 3.31. The molecule has 0 aliphatic carbocycles. The van der Waals surface area contributed by atoms with E-state index in [9.17, 15) is 9.59 Å². The third-order valence-electron chi connectivity index (χ3n) is 4.85. The van der Waals surface area contributed by atoms with Gasteiger partial charge in [-0.2, -0.15) is 0 Å². The lowest BCUT2D eigenvalue weighted by atomic mass is 10.1. The van der Waals surface area contributed by atoms with E-state index in [1.807, 2.05) is 17.0 Å². The number of rotatable bonds is 6. The highest BCUT2D eigenvalue weighted by Crippen LogP contribution is 2.30. The van der Waals surface area contributed by atoms with Crippen molar-refractivity contribution in [1.82, 2.24) is 9.88 Å². The highest BCUT2D eigenvalue weighted by molar-refractivity contribution is 7.15. The summed E-state index contributed by atoms with van der Waals surface area (Å²) in [4.78, 5) is 32.3. The van der Waals surface area contributed by atoms with Crippen LogP contribution in [0.4, 0.5) is 5.13 Å². The molecule has 0 spiro atoms. The van der Waals surface area contributed by atoms with Gasteiger partial charge in [0.05, 0.1) is 39.1 Å². The summed E-state index contributed by atoms with van der Waals surface area (Å²) in [7, 11) is 3.15. The van der Waals surface area contributed by atoms with Gasteiger partial charge in [-0.15, -0.1) is 0 Å². The van der Waals surface area contributed by atoms with Crippen LogP contribution in [0.15, 0.2) is 41.0 Å². The van der Waals surface area contributed by atoms with Crippen molar-refractivity contribution in [3.63, 3.8) is 0 Å². The molecule has 9 heteroatoms. The number of carbonyl (C=O) groups is 2. The molecule has 2 amide bonds. The Bertz CT molecular complexity index is 1060. The van der Waals surface area contributed by atoms with Gasteiger partial charge in [0.25, 0.3) is 5.91 Å². The molecule has 1 aromatic carbocycles. The van der Waals surface area contributed by atoms with E-state index in [1.165, 1.54) is 17.6 Å². The van der Waals surface area contributed by atoms with E-state index in [0.29, 0.717) is 36.1 Å². The van der Waals surface area contributed by atoms with Gasteiger partial charge in [-0.1, -0.05) is 17.4 Å². The Morgan fingerprint density at radius 3 is 2.80 bits per heavy atom. The lowest BCUT2D eigenvalue weighted by Crippen LogP contribution is -2.36. The summed E-state index contributed by atoms with van der Waals surface area (Å²) in [6.07, 6.45) is 2.38. The Kier molecular flexibility index (Phi) is 5.71. The highest BCUT2D eigenvalue weighted by Gasteiger charge is 2.25. The molecule has 0 radical (unpaired) electrons. The van der Waals surface area contributed by atoms with Gasteiger partial charge in [-0.3, -0.25) is 14.9 Å². The molecule has 3 aromatic rings. The molecule has 4 rings (SSSR count). The van der Waals surface area contributed by atoms with Crippen molar-refractivity contribution in [3.8, 4) is 11.5 Å². The van der Waals surface area contributed by atoms with Gasteiger partial charge >= 0.3 is 0 Å². The van der Waals surface area contributed by atoms with Crippen LogP contribution in [0, 0.1) is 0 Å². The summed E-state index contributed by atoms with van der Waals surface area (Å²) in [5.41, 5.74) is 1.78. The number of carbonyl (C=O) groups excluding carboxylic acids is 2. The lowest BCUT2D eigenvalue weighted by molar-refractivity contribution is -0.131. The summed E-state index contributed by atoms with van der Waals surface area (Å²) in [5.74, 6) is 1.15. The molecule has 0 unspecified atom stereocenters. The molecule has 1 aliphatic rings. The molecule has 3 heterocycles. The number of thiazole rings is 1. The average molecular weight is 427 g/mol. The number of ether oxygens (including phenoxy) is 2. The monoisotopic (exact) mass is 427 g/mol. The van der Waals surface area contributed by atoms with Crippen LogP contribution in [0.25, 0.3) is 0 Å². The van der Waals surface area contributed by atoms with Crippen LogP contribution in [0.5, 0.6) is 11.5 Å². The molecule has 8 nitrogen and oxygen atoms in total. The smallest absolute Gasteiger partial charge is 0.293 e. The Labute approximate surface area is 177 Å². The SMILES string of the molecule is COc1ccc(CC(=O)N2CCc3nc(NC(=O)c4ccco4)sc3C2)cc1OC. The largest absolute Gasteiger partial charge is 0.493 e. The van der Waals surface area contributed by atoms with Crippen LogP contribution < -0.4 is 14.8 Å². The summed E-state index contributed by atoms with van der Waals surface area (Å²) in [6.45, 7) is 1.07. The van der Waals surface area contributed by atoms with Gasteiger partial charge in [0.15, 0.2) is 22.4 Å². The van der Waals surface area contributed by atoms with Crippen molar-refractivity contribution in [2.75, 3.05) is 26.1 Å². The number of hydrogen-bond acceptors (Lipinski definition) is 7. The second-order valence-corrected chi connectivity index (χ2v) is 7.84. The first-order chi connectivity index (χ1) is 14.6. The van der Waals surface area contributed by atoms with Crippen molar-refractivity contribution < 1.29 is 23.5 Å². The van der Waals surface area contributed by atoms with E-state index >= 15 is 0 Å². The maximum Gasteiger partial charge on any atom is 0.293 e. The number of nitrogens with one attached hydrogen (secondary N) is 1. The minimum atomic E-state index is -0.340. The zero-order valence-corrected chi connectivity index (χ0v) is 17.5. The highest BCUT2D eigenvalue weighted by atomic mass is 32.1. The molecule has 1 aliphatic heterocycles. The summed E-state index contributed by atoms with van der Waals surface area (Å²) in [5, 5.41) is 3.26. The van der Waals surface area contributed by atoms with Crippen LogP contribution in [0.1, 0.15) is 26.7 Å². The summed E-state index contributed by atoms with van der Waals surface area (Å²) in [6, 6.07) is 8.73. The predicted octanol–water partition coefficient (Wildman–Crippen LogP) is 3.13. The van der Waals surface area contributed by atoms with Crippen molar-refractivity contribution in [3.05, 3.63) is 58.5 Å². The third kappa shape index (κ3) is 4.16. The first-order valence-electron chi connectivity index (χ1n) is 9.39. The van der Waals surface area contributed by atoms with Crippen LogP contribution in [0.3, 0.4) is 0 Å². The van der Waals surface area contributed by atoms with Gasteiger partial charge in [-0.25, -0.2) is 4.98 Å².